The third-order valence-electron chi connectivity index (χ3n) is 2.65. The van der Waals surface area contributed by atoms with E-state index in [4.69, 9.17) is 9.47 Å². The van der Waals surface area contributed by atoms with E-state index in [2.05, 4.69) is 20.9 Å². The van der Waals surface area contributed by atoms with Crippen molar-refractivity contribution >= 4 is 38.9 Å². The van der Waals surface area contributed by atoms with Crippen LogP contribution < -0.4 is 0 Å². The van der Waals surface area contributed by atoms with Crippen LogP contribution in [0.1, 0.15) is 31.3 Å². The molecule has 0 aromatic carbocycles. The fourth-order valence-electron chi connectivity index (χ4n) is 1.85. The van der Waals surface area contributed by atoms with Crippen molar-refractivity contribution in [3.05, 3.63) is 28.6 Å². The quantitative estimate of drug-likeness (QED) is 0.734. The molecule has 0 aliphatic heterocycles. The number of halogens is 1. The molecular formula is C14H15BrN2O4. The van der Waals surface area contributed by atoms with Gasteiger partial charge in [-0.25, -0.2) is 14.2 Å². The maximum Gasteiger partial charge on any atom is 0.419 e. The number of fused-ring (bicyclic) bond motifs is 1. The third kappa shape index (κ3) is 3.07. The first-order valence-electron chi connectivity index (χ1n) is 6.21. The van der Waals surface area contributed by atoms with E-state index in [9.17, 15) is 9.59 Å². The first-order chi connectivity index (χ1) is 9.74. The second-order valence-corrected chi connectivity index (χ2v) is 6.25. The Hall–Kier alpha value is -1.89. The van der Waals surface area contributed by atoms with Crippen LogP contribution in [0.25, 0.3) is 10.9 Å². The van der Waals surface area contributed by atoms with Crippen LogP contribution in [0, 0.1) is 0 Å². The zero-order valence-electron chi connectivity index (χ0n) is 12.1. The maximum absolute atomic E-state index is 12.4. The van der Waals surface area contributed by atoms with Gasteiger partial charge in [0.25, 0.3) is 0 Å². The molecule has 2 heterocycles. The Morgan fingerprint density at radius 1 is 1.29 bits per heavy atom. The van der Waals surface area contributed by atoms with Crippen LogP contribution in [-0.4, -0.2) is 34.3 Å². The van der Waals surface area contributed by atoms with Gasteiger partial charge in [0.05, 0.1) is 18.8 Å². The first kappa shape index (κ1) is 15.5. The fraction of sp³-hybridized carbons (Fsp3) is 0.357. The summed E-state index contributed by atoms with van der Waals surface area (Å²) in [5, 5.41) is 0.677. The number of carbonyl (C=O) groups excluding carboxylic acids is 2. The smallest absolute Gasteiger partial charge is 0.419 e. The molecule has 0 radical (unpaired) electrons. The molecule has 0 atom stereocenters. The molecule has 21 heavy (non-hydrogen) atoms. The van der Waals surface area contributed by atoms with E-state index in [1.807, 2.05) is 0 Å². The SMILES string of the molecule is COC(=O)c1cc2c(Br)cncc2n1C(=O)OC(C)(C)C. The van der Waals surface area contributed by atoms with Crippen LogP contribution in [0.2, 0.25) is 0 Å². The second-order valence-electron chi connectivity index (χ2n) is 5.39. The summed E-state index contributed by atoms with van der Waals surface area (Å²) in [5.74, 6) is -0.621. The van der Waals surface area contributed by atoms with Crippen LogP contribution in [0.3, 0.4) is 0 Å². The van der Waals surface area contributed by atoms with Crippen molar-refractivity contribution in [2.24, 2.45) is 0 Å². The Labute approximate surface area is 130 Å². The van der Waals surface area contributed by atoms with Gasteiger partial charge in [-0.1, -0.05) is 0 Å². The van der Waals surface area contributed by atoms with Gasteiger partial charge in [0.2, 0.25) is 0 Å². The minimum absolute atomic E-state index is 0.0930. The van der Waals surface area contributed by atoms with E-state index in [1.165, 1.54) is 17.9 Å². The standard InChI is InChI=1S/C14H15BrN2O4/c1-14(2,3)21-13(19)17-10(12(18)20-4)5-8-9(15)6-16-7-11(8)17/h5-7H,1-4H3. The highest BCUT2D eigenvalue weighted by atomic mass is 79.9. The molecule has 0 amide bonds. The van der Waals surface area contributed by atoms with Crippen molar-refractivity contribution in [1.82, 2.24) is 9.55 Å². The summed E-state index contributed by atoms with van der Waals surface area (Å²) in [4.78, 5) is 28.3. The Kier molecular flexibility index (Phi) is 4.04. The molecule has 112 valence electrons. The number of hydrogen-bond donors (Lipinski definition) is 0. The summed E-state index contributed by atoms with van der Waals surface area (Å²) in [5.41, 5.74) is -0.116. The molecule has 2 aromatic rings. The van der Waals surface area contributed by atoms with E-state index in [1.54, 1.807) is 33.0 Å². The van der Waals surface area contributed by atoms with Gasteiger partial charge in [0, 0.05) is 16.1 Å². The topological polar surface area (TPSA) is 70.4 Å². The van der Waals surface area contributed by atoms with Gasteiger partial charge >= 0.3 is 12.1 Å². The van der Waals surface area contributed by atoms with Crippen LogP contribution in [0.5, 0.6) is 0 Å². The van der Waals surface area contributed by atoms with Gasteiger partial charge in [-0.15, -0.1) is 0 Å². The summed E-state index contributed by atoms with van der Waals surface area (Å²) in [6.45, 7) is 5.26. The van der Waals surface area contributed by atoms with Crippen molar-refractivity contribution in [2.45, 2.75) is 26.4 Å². The molecule has 2 rings (SSSR count). The minimum Gasteiger partial charge on any atom is -0.464 e. The Morgan fingerprint density at radius 3 is 2.52 bits per heavy atom. The second kappa shape index (κ2) is 5.48. The van der Waals surface area contributed by atoms with Crippen LogP contribution in [0.4, 0.5) is 4.79 Å². The van der Waals surface area contributed by atoms with Crippen LogP contribution in [-0.2, 0) is 9.47 Å². The highest BCUT2D eigenvalue weighted by Crippen LogP contribution is 2.27. The van der Waals surface area contributed by atoms with Crippen molar-refractivity contribution in [3.8, 4) is 0 Å². The molecule has 0 spiro atoms. The number of rotatable bonds is 1. The first-order valence-corrected chi connectivity index (χ1v) is 7.00. The molecule has 0 unspecified atom stereocenters. The van der Waals surface area contributed by atoms with Gasteiger partial charge in [0.1, 0.15) is 11.3 Å². The van der Waals surface area contributed by atoms with Crippen molar-refractivity contribution in [1.29, 1.82) is 0 Å². The fourth-order valence-corrected chi connectivity index (χ4v) is 2.28. The molecule has 0 bridgehead atoms. The predicted octanol–water partition coefficient (Wildman–Crippen LogP) is 3.37. The Bertz CT molecular complexity index is 716. The lowest BCUT2D eigenvalue weighted by atomic mass is 10.2. The van der Waals surface area contributed by atoms with E-state index >= 15 is 0 Å². The van der Waals surface area contributed by atoms with Crippen molar-refractivity contribution in [3.63, 3.8) is 0 Å². The van der Waals surface area contributed by atoms with E-state index in [-0.39, 0.29) is 5.69 Å². The third-order valence-corrected chi connectivity index (χ3v) is 3.28. The molecule has 0 saturated heterocycles. The average Bonchev–Trinajstić information content (AvgIpc) is 2.76. The van der Waals surface area contributed by atoms with Gasteiger partial charge in [-0.3, -0.25) is 4.98 Å². The molecule has 0 saturated carbocycles. The van der Waals surface area contributed by atoms with Gasteiger partial charge in [-0.05, 0) is 42.8 Å². The normalized spacial score (nSPS) is 11.5. The van der Waals surface area contributed by atoms with Crippen LogP contribution in [0.15, 0.2) is 22.9 Å². The molecule has 0 aliphatic rings. The Morgan fingerprint density at radius 2 is 1.95 bits per heavy atom. The van der Waals surface area contributed by atoms with E-state index < -0.39 is 17.7 Å². The summed E-state index contributed by atoms with van der Waals surface area (Å²) in [7, 11) is 1.26. The molecule has 0 N–H and O–H groups in total. The largest absolute Gasteiger partial charge is 0.464 e. The number of nitrogens with zero attached hydrogens (tertiary/aromatic N) is 2. The molecule has 0 fully saturated rings. The average molecular weight is 355 g/mol. The summed E-state index contributed by atoms with van der Waals surface area (Å²) < 4.78 is 11.9. The van der Waals surface area contributed by atoms with Crippen LogP contribution >= 0.6 is 15.9 Å². The number of aromatic nitrogens is 2. The van der Waals surface area contributed by atoms with Gasteiger partial charge < -0.3 is 9.47 Å². The summed E-state index contributed by atoms with van der Waals surface area (Å²) in [6.07, 6.45) is 2.43. The molecule has 0 aliphatic carbocycles. The number of hydrogen-bond acceptors (Lipinski definition) is 5. The number of pyridine rings is 1. The predicted molar refractivity (Wildman–Crippen MR) is 80.4 cm³/mol. The molecular weight excluding hydrogens is 340 g/mol. The lowest BCUT2D eigenvalue weighted by molar-refractivity contribution is 0.0489. The van der Waals surface area contributed by atoms with Gasteiger partial charge in [-0.2, -0.15) is 0 Å². The van der Waals surface area contributed by atoms with E-state index in [0.717, 1.165) is 0 Å². The number of methoxy groups -OCH3 is 1. The van der Waals surface area contributed by atoms with E-state index in [0.29, 0.717) is 15.4 Å². The Balaban J connectivity index is 2.66. The monoisotopic (exact) mass is 354 g/mol. The lowest BCUT2D eigenvalue weighted by Crippen LogP contribution is -2.29. The molecule has 2 aromatic heterocycles. The molecule has 6 nitrogen and oxygen atoms in total. The summed E-state index contributed by atoms with van der Waals surface area (Å²) >= 11 is 3.35. The highest BCUT2D eigenvalue weighted by Gasteiger charge is 2.26. The molecule has 7 heteroatoms. The van der Waals surface area contributed by atoms with Gasteiger partial charge in [0.15, 0.2) is 0 Å². The number of ether oxygens (including phenoxy) is 2. The maximum atomic E-state index is 12.4. The zero-order chi connectivity index (χ0) is 15.8. The minimum atomic E-state index is -0.680. The number of carbonyl (C=O) groups is 2. The highest BCUT2D eigenvalue weighted by molar-refractivity contribution is 9.10. The van der Waals surface area contributed by atoms with Crippen molar-refractivity contribution in [2.75, 3.05) is 7.11 Å². The number of esters is 1. The lowest BCUT2D eigenvalue weighted by Gasteiger charge is -2.20. The zero-order valence-corrected chi connectivity index (χ0v) is 13.7. The summed E-state index contributed by atoms with van der Waals surface area (Å²) in [6, 6.07) is 1.57. The van der Waals surface area contributed by atoms with Crippen molar-refractivity contribution < 1.29 is 19.1 Å².